The molecule has 0 spiro atoms. The molecule has 0 amide bonds. The van der Waals surface area contributed by atoms with Gasteiger partial charge in [-0.1, -0.05) is 6.92 Å². The van der Waals surface area contributed by atoms with Crippen molar-refractivity contribution in [3.05, 3.63) is 18.0 Å². The van der Waals surface area contributed by atoms with Crippen molar-refractivity contribution in [1.29, 1.82) is 0 Å². The number of nitrogens with one attached hydrogen (secondary N) is 1. The van der Waals surface area contributed by atoms with Crippen LogP contribution in [0.5, 0.6) is 0 Å². The molecule has 5 nitrogen and oxygen atoms in total. The molecule has 0 atom stereocenters. The molecule has 102 valence electrons. The zero-order chi connectivity index (χ0) is 13.4. The molecule has 1 aromatic rings. The third-order valence-electron chi connectivity index (χ3n) is 2.49. The summed E-state index contributed by atoms with van der Waals surface area (Å²) in [6.45, 7) is 9.41. The Morgan fingerprint density at radius 3 is 2.56 bits per heavy atom. The maximum Gasteiger partial charge on any atom is 0.225 e. The second-order valence-corrected chi connectivity index (χ2v) is 4.51. The quantitative estimate of drug-likeness (QED) is 0.759. The van der Waals surface area contributed by atoms with Gasteiger partial charge < -0.3 is 15.0 Å². The van der Waals surface area contributed by atoms with E-state index < -0.39 is 0 Å². The summed E-state index contributed by atoms with van der Waals surface area (Å²) in [5.74, 6) is 0.739. The minimum Gasteiger partial charge on any atom is -0.377 e. The number of likely N-dealkylation sites (N-methyl/N-ethyl adjacent to an activating group) is 1. The van der Waals surface area contributed by atoms with E-state index in [1.54, 1.807) is 0 Å². The third kappa shape index (κ3) is 5.42. The van der Waals surface area contributed by atoms with Gasteiger partial charge in [0.25, 0.3) is 0 Å². The molecule has 0 unspecified atom stereocenters. The minimum absolute atomic E-state index is 0.266. The SMILES string of the molecule is CCNCc1cnc(N(C)CCOC(C)C)nc1. The number of hydrogen-bond acceptors (Lipinski definition) is 5. The predicted molar refractivity (Wildman–Crippen MR) is 73.8 cm³/mol. The summed E-state index contributed by atoms with van der Waals surface area (Å²) < 4.78 is 5.50. The fraction of sp³-hybridized carbons (Fsp3) is 0.692. The highest BCUT2D eigenvalue weighted by Gasteiger charge is 2.04. The summed E-state index contributed by atoms with van der Waals surface area (Å²) in [6.07, 6.45) is 4.00. The van der Waals surface area contributed by atoms with Crippen molar-refractivity contribution < 1.29 is 4.74 Å². The standard InChI is InChI=1S/C13H24N4O/c1-5-14-8-12-9-15-13(16-10-12)17(4)6-7-18-11(2)3/h9-11,14H,5-8H2,1-4H3. The molecule has 1 N–H and O–H groups in total. The summed E-state index contributed by atoms with van der Waals surface area (Å²) in [5.41, 5.74) is 1.10. The molecule has 1 aromatic heterocycles. The van der Waals surface area contributed by atoms with Crippen LogP contribution in [-0.2, 0) is 11.3 Å². The Balaban J connectivity index is 2.40. The smallest absolute Gasteiger partial charge is 0.225 e. The zero-order valence-corrected chi connectivity index (χ0v) is 11.8. The number of ether oxygens (including phenoxy) is 1. The van der Waals surface area contributed by atoms with E-state index in [1.807, 2.05) is 38.2 Å². The van der Waals surface area contributed by atoms with E-state index in [0.717, 1.165) is 31.1 Å². The van der Waals surface area contributed by atoms with Gasteiger partial charge in [-0.2, -0.15) is 0 Å². The highest BCUT2D eigenvalue weighted by molar-refractivity contribution is 5.28. The second-order valence-electron chi connectivity index (χ2n) is 4.51. The highest BCUT2D eigenvalue weighted by atomic mass is 16.5. The topological polar surface area (TPSA) is 50.3 Å². The van der Waals surface area contributed by atoms with E-state index in [1.165, 1.54) is 0 Å². The molecule has 18 heavy (non-hydrogen) atoms. The second kappa shape index (κ2) is 8.00. The molecular weight excluding hydrogens is 228 g/mol. The van der Waals surface area contributed by atoms with Crippen molar-refractivity contribution >= 4 is 5.95 Å². The maximum absolute atomic E-state index is 5.50. The van der Waals surface area contributed by atoms with Crippen molar-refractivity contribution in [2.24, 2.45) is 0 Å². The first-order valence-electron chi connectivity index (χ1n) is 6.47. The van der Waals surface area contributed by atoms with Crippen LogP contribution in [0.25, 0.3) is 0 Å². The fourth-order valence-electron chi connectivity index (χ4n) is 1.43. The molecular formula is C13H24N4O. The van der Waals surface area contributed by atoms with Crippen LogP contribution in [0.15, 0.2) is 12.4 Å². The van der Waals surface area contributed by atoms with Crippen LogP contribution in [0.2, 0.25) is 0 Å². The molecule has 0 saturated heterocycles. The number of aromatic nitrogens is 2. The predicted octanol–water partition coefficient (Wildman–Crippen LogP) is 1.45. The lowest BCUT2D eigenvalue weighted by Gasteiger charge is -2.17. The van der Waals surface area contributed by atoms with Crippen LogP contribution in [-0.4, -0.2) is 42.8 Å². The summed E-state index contributed by atoms with van der Waals surface area (Å²) in [6, 6.07) is 0. The molecule has 0 bridgehead atoms. The monoisotopic (exact) mass is 252 g/mol. The lowest BCUT2D eigenvalue weighted by Crippen LogP contribution is -2.25. The van der Waals surface area contributed by atoms with E-state index in [4.69, 9.17) is 4.74 Å². The largest absolute Gasteiger partial charge is 0.377 e. The first-order chi connectivity index (χ1) is 8.63. The van der Waals surface area contributed by atoms with Crippen molar-refractivity contribution in [3.63, 3.8) is 0 Å². The Hall–Kier alpha value is -1.20. The molecule has 1 heterocycles. The Labute approximate surface area is 110 Å². The van der Waals surface area contributed by atoms with Crippen LogP contribution in [0, 0.1) is 0 Å². The Bertz CT molecular complexity index is 326. The van der Waals surface area contributed by atoms with Crippen molar-refractivity contribution in [2.45, 2.75) is 33.4 Å². The van der Waals surface area contributed by atoms with Crippen LogP contribution >= 0.6 is 0 Å². The molecule has 5 heteroatoms. The Morgan fingerprint density at radius 2 is 2.00 bits per heavy atom. The van der Waals surface area contributed by atoms with Crippen LogP contribution < -0.4 is 10.2 Å². The first kappa shape index (κ1) is 14.9. The first-order valence-corrected chi connectivity index (χ1v) is 6.47. The summed E-state index contributed by atoms with van der Waals surface area (Å²) in [7, 11) is 1.98. The number of nitrogens with zero attached hydrogens (tertiary/aromatic N) is 3. The Kier molecular flexibility index (Phi) is 6.60. The Morgan fingerprint density at radius 1 is 1.33 bits per heavy atom. The van der Waals surface area contributed by atoms with Gasteiger partial charge in [0.15, 0.2) is 0 Å². The molecule has 0 aliphatic rings. The highest BCUT2D eigenvalue weighted by Crippen LogP contribution is 2.05. The lowest BCUT2D eigenvalue weighted by atomic mass is 10.3. The van der Waals surface area contributed by atoms with Gasteiger partial charge in [0, 0.05) is 38.1 Å². The molecule has 1 rings (SSSR count). The molecule has 0 aliphatic carbocycles. The van der Waals surface area contributed by atoms with Gasteiger partial charge in [0.2, 0.25) is 5.95 Å². The molecule has 0 radical (unpaired) electrons. The average molecular weight is 252 g/mol. The molecule has 0 aromatic carbocycles. The van der Waals surface area contributed by atoms with Crippen molar-refractivity contribution in [2.75, 3.05) is 31.6 Å². The van der Waals surface area contributed by atoms with Crippen LogP contribution in [0.3, 0.4) is 0 Å². The average Bonchev–Trinajstić information content (AvgIpc) is 2.36. The fourth-order valence-corrected chi connectivity index (χ4v) is 1.43. The molecule has 0 saturated carbocycles. The minimum atomic E-state index is 0.266. The van der Waals surface area contributed by atoms with Gasteiger partial charge in [-0.3, -0.25) is 0 Å². The summed E-state index contributed by atoms with van der Waals surface area (Å²) in [4.78, 5) is 10.7. The van der Waals surface area contributed by atoms with Gasteiger partial charge >= 0.3 is 0 Å². The molecule has 0 fully saturated rings. The van der Waals surface area contributed by atoms with E-state index in [0.29, 0.717) is 6.61 Å². The van der Waals surface area contributed by atoms with E-state index in [-0.39, 0.29) is 6.10 Å². The lowest BCUT2D eigenvalue weighted by molar-refractivity contribution is 0.0844. The third-order valence-corrected chi connectivity index (χ3v) is 2.49. The van der Waals surface area contributed by atoms with Gasteiger partial charge in [-0.25, -0.2) is 9.97 Å². The normalized spacial score (nSPS) is 10.9. The van der Waals surface area contributed by atoms with E-state index >= 15 is 0 Å². The number of hydrogen-bond donors (Lipinski definition) is 1. The van der Waals surface area contributed by atoms with Crippen LogP contribution in [0.4, 0.5) is 5.95 Å². The van der Waals surface area contributed by atoms with Crippen LogP contribution in [0.1, 0.15) is 26.3 Å². The summed E-state index contributed by atoms with van der Waals surface area (Å²) >= 11 is 0. The summed E-state index contributed by atoms with van der Waals surface area (Å²) in [5, 5.41) is 3.25. The number of anilines is 1. The van der Waals surface area contributed by atoms with Gasteiger partial charge in [0.1, 0.15) is 0 Å². The van der Waals surface area contributed by atoms with Gasteiger partial charge in [-0.05, 0) is 20.4 Å². The maximum atomic E-state index is 5.50. The zero-order valence-electron chi connectivity index (χ0n) is 11.8. The van der Waals surface area contributed by atoms with Gasteiger partial charge in [-0.15, -0.1) is 0 Å². The van der Waals surface area contributed by atoms with E-state index in [2.05, 4.69) is 22.2 Å². The van der Waals surface area contributed by atoms with Crippen molar-refractivity contribution in [3.8, 4) is 0 Å². The van der Waals surface area contributed by atoms with Crippen molar-refractivity contribution in [1.82, 2.24) is 15.3 Å². The number of rotatable bonds is 8. The molecule has 0 aliphatic heterocycles. The van der Waals surface area contributed by atoms with E-state index in [9.17, 15) is 0 Å². The van der Waals surface area contributed by atoms with Gasteiger partial charge in [0.05, 0.1) is 12.7 Å².